The van der Waals surface area contributed by atoms with Gasteiger partial charge in [-0.2, -0.15) is 0 Å². The number of anilines is 1. The van der Waals surface area contributed by atoms with Gasteiger partial charge in [-0.1, -0.05) is 59.6 Å². The summed E-state index contributed by atoms with van der Waals surface area (Å²) in [5, 5.41) is 3.73. The zero-order chi connectivity index (χ0) is 19.9. The van der Waals surface area contributed by atoms with Crippen LogP contribution in [0.2, 0.25) is 10.0 Å². The molecule has 0 aliphatic heterocycles. The Morgan fingerprint density at radius 1 is 0.893 bits per heavy atom. The molecular formula is C22H17Cl2NO2S. The van der Waals surface area contributed by atoms with E-state index in [0.29, 0.717) is 27.7 Å². The minimum absolute atomic E-state index is 0.0785. The van der Waals surface area contributed by atoms with Gasteiger partial charge in [0.25, 0.3) is 0 Å². The van der Waals surface area contributed by atoms with Crippen molar-refractivity contribution in [3.8, 4) is 0 Å². The van der Waals surface area contributed by atoms with Crippen molar-refractivity contribution in [1.82, 2.24) is 0 Å². The van der Waals surface area contributed by atoms with Gasteiger partial charge in [0, 0.05) is 21.2 Å². The molecule has 0 spiro atoms. The first-order valence-electron chi connectivity index (χ1n) is 8.56. The predicted molar refractivity (Wildman–Crippen MR) is 117 cm³/mol. The molecule has 0 bridgehead atoms. The number of carbonyl (C=O) groups excluding carboxylic acids is 2. The van der Waals surface area contributed by atoms with Crippen molar-refractivity contribution in [2.45, 2.75) is 11.3 Å². The third-order valence-electron chi connectivity index (χ3n) is 3.93. The van der Waals surface area contributed by atoms with Crippen LogP contribution in [0.5, 0.6) is 0 Å². The SMILES string of the molecule is O=C(Cc1ccccc1)Nc1cccc(SCC(=O)c2ccc(Cl)cc2Cl)c1. The number of nitrogens with one attached hydrogen (secondary N) is 1. The Hall–Kier alpha value is -2.27. The second kappa shape index (κ2) is 9.78. The molecule has 0 unspecified atom stereocenters. The molecule has 28 heavy (non-hydrogen) atoms. The van der Waals surface area contributed by atoms with Crippen molar-refractivity contribution in [3.05, 3.63) is 94.0 Å². The number of Topliss-reactive ketones (excluding diaryl/α,β-unsaturated/α-hetero) is 1. The summed E-state index contributed by atoms with van der Waals surface area (Å²) in [5.74, 6) is 0.0746. The van der Waals surface area contributed by atoms with Crippen molar-refractivity contribution < 1.29 is 9.59 Å². The third-order valence-corrected chi connectivity index (χ3v) is 5.47. The lowest BCUT2D eigenvalue weighted by Gasteiger charge is -2.08. The standard InChI is InChI=1S/C22H17Cl2NO2S/c23-16-9-10-19(20(24)12-16)21(26)14-28-18-8-4-7-17(13-18)25-22(27)11-15-5-2-1-3-6-15/h1-10,12-13H,11,14H2,(H,25,27). The Balaban J connectivity index is 1.58. The molecule has 3 rings (SSSR count). The number of hydrogen-bond acceptors (Lipinski definition) is 3. The number of halogens is 2. The molecule has 0 radical (unpaired) electrons. The molecule has 0 fully saturated rings. The van der Waals surface area contributed by atoms with E-state index in [1.54, 1.807) is 18.2 Å². The van der Waals surface area contributed by atoms with Crippen molar-refractivity contribution in [2.24, 2.45) is 0 Å². The van der Waals surface area contributed by atoms with Crippen LogP contribution in [0.25, 0.3) is 0 Å². The monoisotopic (exact) mass is 429 g/mol. The van der Waals surface area contributed by atoms with Crippen LogP contribution in [-0.4, -0.2) is 17.4 Å². The van der Waals surface area contributed by atoms with E-state index in [4.69, 9.17) is 23.2 Å². The van der Waals surface area contributed by atoms with Crippen LogP contribution < -0.4 is 5.32 Å². The van der Waals surface area contributed by atoms with Gasteiger partial charge in [0.15, 0.2) is 5.78 Å². The molecule has 0 aliphatic rings. The summed E-state index contributed by atoms with van der Waals surface area (Å²) >= 11 is 13.4. The number of thioether (sulfide) groups is 1. The zero-order valence-corrected chi connectivity index (χ0v) is 17.2. The molecule has 0 aromatic heterocycles. The van der Waals surface area contributed by atoms with E-state index in [1.807, 2.05) is 54.6 Å². The molecule has 3 nitrogen and oxygen atoms in total. The quantitative estimate of drug-likeness (QED) is 0.361. The van der Waals surface area contributed by atoms with E-state index in [-0.39, 0.29) is 17.4 Å². The average molecular weight is 430 g/mol. The minimum Gasteiger partial charge on any atom is -0.326 e. The van der Waals surface area contributed by atoms with Crippen LogP contribution in [0.4, 0.5) is 5.69 Å². The summed E-state index contributed by atoms with van der Waals surface area (Å²) in [6.07, 6.45) is 0.311. The maximum Gasteiger partial charge on any atom is 0.228 e. The number of benzene rings is 3. The average Bonchev–Trinajstić information content (AvgIpc) is 2.67. The van der Waals surface area contributed by atoms with E-state index in [9.17, 15) is 9.59 Å². The van der Waals surface area contributed by atoms with Crippen LogP contribution in [0.15, 0.2) is 77.7 Å². The van der Waals surface area contributed by atoms with Gasteiger partial charge in [0.1, 0.15) is 0 Å². The van der Waals surface area contributed by atoms with Crippen LogP contribution in [0.1, 0.15) is 15.9 Å². The van der Waals surface area contributed by atoms with E-state index in [2.05, 4.69) is 5.32 Å². The maximum absolute atomic E-state index is 12.4. The number of amides is 1. The molecule has 6 heteroatoms. The van der Waals surface area contributed by atoms with Gasteiger partial charge in [-0.3, -0.25) is 9.59 Å². The van der Waals surface area contributed by atoms with Gasteiger partial charge >= 0.3 is 0 Å². The summed E-state index contributed by atoms with van der Waals surface area (Å²) in [6.45, 7) is 0. The Bertz CT molecular complexity index is 993. The fourth-order valence-electron chi connectivity index (χ4n) is 2.59. The van der Waals surface area contributed by atoms with Gasteiger partial charge in [-0.25, -0.2) is 0 Å². The van der Waals surface area contributed by atoms with Crippen LogP contribution in [-0.2, 0) is 11.2 Å². The van der Waals surface area contributed by atoms with Crippen molar-refractivity contribution in [2.75, 3.05) is 11.1 Å². The molecule has 0 saturated carbocycles. The van der Waals surface area contributed by atoms with Crippen molar-refractivity contribution in [1.29, 1.82) is 0 Å². The molecule has 0 aliphatic carbocycles. The normalized spacial score (nSPS) is 10.5. The fourth-order valence-corrected chi connectivity index (χ4v) is 3.94. The zero-order valence-electron chi connectivity index (χ0n) is 14.8. The highest BCUT2D eigenvalue weighted by Gasteiger charge is 2.12. The molecule has 142 valence electrons. The lowest BCUT2D eigenvalue weighted by Crippen LogP contribution is -2.14. The highest BCUT2D eigenvalue weighted by Crippen LogP contribution is 2.26. The van der Waals surface area contributed by atoms with E-state index >= 15 is 0 Å². The maximum atomic E-state index is 12.4. The van der Waals surface area contributed by atoms with Crippen LogP contribution >= 0.6 is 35.0 Å². The van der Waals surface area contributed by atoms with E-state index in [0.717, 1.165) is 10.5 Å². The largest absolute Gasteiger partial charge is 0.326 e. The summed E-state index contributed by atoms with van der Waals surface area (Å²) in [4.78, 5) is 25.5. The van der Waals surface area contributed by atoms with E-state index < -0.39 is 0 Å². The molecule has 0 saturated heterocycles. The minimum atomic E-state index is -0.0858. The fraction of sp³-hybridized carbons (Fsp3) is 0.0909. The lowest BCUT2D eigenvalue weighted by atomic mass is 10.1. The predicted octanol–water partition coefficient (Wildman–Crippen LogP) is 6.15. The Labute approximate surface area is 178 Å². The van der Waals surface area contributed by atoms with E-state index in [1.165, 1.54) is 11.8 Å². The number of ketones is 1. The first kappa shape index (κ1) is 20.5. The summed E-state index contributed by atoms with van der Waals surface area (Å²) < 4.78 is 0. The molecule has 0 atom stereocenters. The first-order valence-corrected chi connectivity index (χ1v) is 10.3. The molecule has 3 aromatic rings. The first-order chi connectivity index (χ1) is 13.5. The molecule has 0 heterocycles. The van der Waals surface area contributed by atoms with Gasteiger partial charge in [0.2, 0.25) is 5.91 Å². The smallest absolute Gasteiger partial charge is 0.228 e. The number of carbonyl (C=O) groups is 2. The van der Waals surface area contributed by atoms with Gasteiger partial charge in [-0.05, 0) is 42.0 Å². The second-order valence-corrected chi connectivity index (χ2v) is 7.97. The molecule has 1 amide bonds. The van der Waals surface area contributed by atoms with Crippen LogP contribution in [0, 0.1) is 0 Å². The summed E-state index contributed by atoms with van der Waals surface area (Å²) in [5.41, 5.74) is 2.10. The number of rotatable bonds is 7. The van der Waals surface area contributed by atoms with Gasteiger partial charge in [-0.15, -0.1) is 11.8 Å². The van der Waals surface area contributed by atoms with Gasteiger partial charge in [0.05, 0.1) is 17.2 Å². The highest BCUT2D eigenvalue weighted by molar-refractivity contribution is 8.00. The Kier molecular flexibility index (Phi) is 7.15. The van der Waals surface area contributed by atoms with Crippen LogP contribution in [0.3, 0.4) is 0 Å². The van der Waals surface area contributed by atoms with Crippen molar-refractivity contribution >= 4 is 52.3 Å². The molecule has 3 aromatic carbocycles. The Morgan fingerprint density at radius 2 is 1.68 bits per heavy atom. The van der Waals surface area contributed by atoms with Gasteiger partial charge < -0.3 is 5.32 Å². The lowest BCUT2D eigenvalue weighted by molar-refractivity contribution is -0.115. The number of hydrogen-bond donors (Lipinski definition) is 1. The summed E-state index contributed by atoms with van der Waals surface area (Å²) in [7, 11) is 0. The Morgan fingerprint density at radius 3 is 2.43 bits per heavy atom. The van der Waals surface area contributed by atoms with Crippen molar-refractivity contribution in [3.63, 3.8) is 0 Å². The highest BCUT2D eigenvalue weighted by atomic mass is 35.5. The summed E-state index contributed by atoms with van der Waals surface area (Å²) in [6, 6.07) is 21.8. The second-order valence-electron chi connectivity index (χ2n) is 6.07. The third kappa shape index (κ3) is 5.86. The topological polar surface area (TPSA) is 46.2 Å². The molecule has 1 N–H and O–H groups in total. The molecular weight excluding hydrogens is 413 g/mol.